The van der Waals surface area contributed by atoms with E-state index >= 15 is 0 Å². The zero-order chi connectivity index (χ0) is 15.2. The predicted molar refractivity (Wildman–Crippen MR) is 88.0 cm³/mol. The Balaban J connectivity index is 1.96. The first kappa shape index (κ1) is 15.3. The van der Waals surface area contributed by atoms with Gasteiger partial charge in [0.1, 0.15) is 5.84 Å². The van der Waals surface area contributed by atoms with Crippen LogP contribution in [0, 0.1) is 31.2 Å². The Labute approximate surface area is 127 Å². The Morgan fingerprint density at radius 2 is 1.90 bits per heavy atom. The molecule has 1 aliphatic rings. The van der Waals surface area contributed by atoms with Crippen LogP contribution in [-0.4, -0.2) is 23.8 Å². The second kappa shape index (κ2) is 7.08. The van der Waals surface area contributed by atoms with Gasteiger partial charge in [0.15, 0.2) is 0 Å². The van der Waals surface area contributed by atoms with E-state index in [1.54, 1.807) is 0 Å². The third kappa shape index (κ3) is 3.95. The van der Waals surface area contributed by atoms with E-state index in [1.807, 2.05) is 13.1 Å². The summed E-state index contributed by atoms with van der Waals surface area (Å²) in [5.41, 5.74) is 4.02. The molecule has 0 radical (unpaired) electrons. The van der Waals surface area contributed by atoms with E-state index in [0.717, 1.165) is 31.8 Å². The minimum atomic E-state index is 0.621. The van der Waals surface area contributed by atoms with Gasteiger partial charge in [0.2, 0.25) is 6.19 Å². The van der Waals surface area contributed by atoms with E-state index in [9.17, 15) is 0 Å². The number of hydrogen-bond acceptors (Lipinski definition) is 2. The SMILES string of the molecule is C/C(=N\C#N)N1CCC(/C=C/c2c(C)cccc2C)CC1. The van der Waals surface area contributed by atoms with Crippen molar-refractivity contribution in [1.82, 2.24) is 4.90 Å². The number of allylic oxidation sites excluding steroid dienone is 1. The molecule has 110 valence electrons. The van der Waals surface area contributed by atoms with Crippen LogP contribution in [0.3, 0.4) is 0 Å². The molecular formula is C18H23N3. The number of rotatable bonds is 2. The van der Waals surface area contributed by atoms with Gasteiger partial charge in [-0.3, -0.25) is 0 Å². The largest absolute Gasteiger partial charge is 0.360 e. The van der Waals surface area contributed by atoms with Crippen molar-refractivity contribution in [3.05, 3.63) is 41.0 Å². The molecule has 1 aromatic rings. The quantitative estimate of drug-likeness (QED) is 0.468. The fourth-order valence-corrected chi connectivity index (χ4v) is 2.88. The lowest BCUT2D eigenvalue weighted by atomic mass is 9.94. The summed E-state index contributed by atoms with van der Waals surface area (Å²) in [5.74, 6) is 1.46. The van der Waals surface area contributed by atoms with Crippen molar-refractivity contribution in [2.24, 2.45) is 10.9 Å². The molecule has 0 spiro atoms. The summed E-state index contributed by atoms with van der Waals surface area (Å²) >= 11 is 0. The molecule has 21 heavy (non-hydrogen) atoms. The topological polar surface area (TPSA) is 39.4 Å². The first-order valence-corrected chi connectivity index (χ1v) is 7.54. The first-order valence-electron chi connectivity index (χ1n) is 7.54. The molecule has 0 N–H and O–H groups in total. The summed E-state index contributed by atoms with van der Waals surface area (Å²) in [7, 11) is 0. The smallest absolute Gasteiger partial charge is 0.207 e. The van der Waals surface area contributed by atoms with E-state index in [2.05, 4.69) is 54.1 Å². The third-order valence-electron chi connectivity index (χ3n) is 4.29. The lowest BCUT2D eigenvalue weighted by Gasteiger charge is -2.31. The number of aryl methyl sites for hydroxylation is 2. The second-order valence-electron chi connectivity index (χ2n) is 5.75. The van der Waals surface area contributed by atoms with Crippen molar-refractivity contribution in [2.75, 3.05) is 13.1 Å². The number of piperidine rings is 1. The molecule has 0 aliphatic carbocycles. The van der Waals surface area contributed by atoms with Crippen LogP contribution >= 0.6 is 0 Å². The number of benzene rings is 1. The summed E-state index contributed by atoms with van der Waals surface area (Å²) in [6.45, 7) is 8.21. The third-order valence-corrected chi connectivity index (χ3v) is 4.29. The lowest BCUT2D eigenvalue weighted by Crippen LogP contribution is -2.36. The lowest BCUT2D eigenvalue weighted by molar-refractivity contribution is 0.298. The van der Waals surface area contributed by atoms with Gasteiger partial charge >= 0.3 is 0 Å². The molecule has 0 aromatic heterocycles. The number of likely N-dealkylation sites (tertiary alicyclic amines) is 1. The molecule has 3 nitrogen and oxygen atoms in total. The molecule has 0 atom stereocenters. The molecule has 0 bridgehead atoms. The van der Waals surface area contributed by atoms with Crippen molar-refractivity contribution in [1.29, 1.82) is 5.26 Å². The maximum Gasteiger partial charge on any atom is 0.207 e. The number of nitrogens with zero attached hydrogens (tertiary/aromatic N) is 3. The van der Waals surface area contributed by atoms with Gasteiger partial charge in [0.05, 0.1) is 0 Å². The highest BCUT2D eigenvalue weighted by atomic mass is 15.2. The van der Waals surface area contributed by atoms with Gasteiger partial charge in [-0.1, -0.05) is 30.4 Å². The first-order chi connectivity index (χ1) is 10.1. The molecule has 0 unspecified atom stereocenters. The summed E-state index contributed by atoms with van der Waals surface area (Å²) in [6.07, 6.45) is 8.75. The van der Waals surface area contributed by atoms with E-state index in [4.69, 9.17) is 5.26 Å². The van der Waals surface area contributed by atoms with Crippen LogP contribution in [0.15, 0.2) is 29.3 Å². The monoisotopic (exact) mass is 281 g/mol. The molecule has 1 fully saturated rings. The molecule has 1 heterocycles. The van der Waals surface area contributed by atoms with Gasteiger partial charge < -0.3 is 4.90 Å². The Morgan fingerprint density at radius 3 is 2.48 bits per heavy atom. The Hall–Kier alpha value is -2.08. The zero-order valence-corrected chi connectivity index (χ0v) is 13.1. The standard InChI is InChI=1S/C18H23N3/c1-14-5-4-6-15(2)18(14)8-7-17-9-11-21(12-10-17)16(3)20-13-19/h4-8,17H,9-12H2,1-3H3/b8-7+,20-16+. The Bertz CT molecular complexity index is 565. The van der Waals surface area contributed by atoms with Crippen molar-refractivity contribution in [3.63, 3.8) is 0 Å². The summed E-state index contributed by atoms with van der Waals surface area (Å²) in [4.78, 5) is 6.02. The summed E-state index contributed by atoms with van der Waals surface area (Å²) < 4.78 is 0. The highest BCUT2D eigenvalue weighted by Crippen LogP contribution is 2.22. The van der Waals surface area contributed by atoms with E-state index in [0.29, 0.717) is 5.92 Å². The van der Waals surface area contributed by atoms with Crippen LogP contribution in [0.4, 0.5) is 0 Å². The summed E-state index contributed by atoms with van der Waals surface area (Å²) in [6, 6.07) is 6.44. The predicted octanol–water partition coefficient (Wildman–Crippen LogP) is 3.93. The molecule has 2 rings (SSSR count). The average molecular weight is 281 g/mol. The molecular weight excluding hydrogens is 258 g/mol. The van der Waals surface area contributed by atoms with Crippen molar-refractivity contribution in [3.8, 4) is 6.19 Å². The van der Waals surface area contributed by atoms with E-state index < -0.39 is 0 Å². The minimum absolute atomic E-state index is 0.621. The van der Waals surface area contributed by atoms with Crippen LogP contribution in [0.25, 0.3) is 6.08 Å². The zero-order valence-electron chi connectivity index (χ0n) is 13.1. The number of hydrogen-bond donors (Lipinski definition) is 0. The van der Waals surface area contributed by atoms with E-state index in [1.165, 1.54) is 16.7 Å². The molecule has 1 aliphatic heterocycles. The van der Waals surface area contributed by atoms with Crippen molar-refractivity contribution < 1.29 is 0 Å². The highest BCUT2D eigenvalue weighted by Gasteiger charge is 2.18. The molecule has 0 amide bonds. The number of amidine groups is 1. The molecule has 1 aromatic carbocycles. The maximum absolute atomic E-state index is 8.61. The minimum Gasteiger partial charge on any atom is -0.360 e. The maximum atomic E-state index is 8.61. The van der Waals surface area contributed by atoms with Crippen molar-refractivity contribution in [2.45, 2.75) is 33.6 Å². The van der Waals surface area contributed by atoms with Gasteiger partial charge in [-0.2, -0.15) is 10.3 Å². The number of aliphatic imine (C=N–C) groups is 1. The van der Waals surface area contributed by atoms with Gasteiger partial charge in [-0.15, -0.1) is 0 Å². The van der Waals surface area contributed by atoms with Crippen LogP contribution in [0.2, 0.25) is 0 Å². The highest BCUT2D eigenvalue weighted by molar-refractivity contribution is 5.80. The van der Waals surface area contributed by atoms with Crippen LogP contribution in [0.1, 0.15) is 36.5 Å². The van der Waals surface area contributed by atoms with Crippen LogP contribution < -0.4 is 0 Å². The number of nitriles is 1. The van der Waals surface area contributed by atoms with Gasteiger partial charge in [0.25, 0.3) is 0 Å². The van der Waals surface area contributed by atoms with E-state index in [-0.39, 0.29) is 0 Å². The normalized spacial score (nSPS) is 17.2. The van der Waals surface area contributed by atoms with Gasteiger partial charge in [-0.25, -0.2) is 0 Å². The Morgan fingerprint density at radius 1 is 1.29 bits per heavy atom. The Kier molecular flexibility index (Phi) is 5.16. The fraction of sp³-hybridized carbons (Fsp3) is 0.444. The molecule has 0 saturated carbocycles. The fourth-order valence-electron chi connectivity index (χ4n) is 2.88. The molecule has 3 heteroatoms. The molecule has 1 saturated heterocycles. The van der Waals surface area contributed by atoms with Crippen molar-refractivity contribution >= 4 is 11.9 Å². The van der Waals surface area contributed by atoms with Crippen LogP contribution in [-0.2, 0) is 0 Å². The average Bonchev–Trinajstić information content (AvgIpc) is 2.47. The summed E-state index contributed by atoms with van der Waals surface area (Å²) in [5, 5.41) is 8.61. The van der Waals surface area contributed by atoms with Gasteiger partial charge in [-0.05, 0) is 56.2 Å². The second-order valence-corrected chi connectivity index (χ2v) is 5.75. The van der Waals surface area contributed by atoms with Crippen LogP contribution in [0.5, 0.6) is 0 Å². The van der Waals surface area contributed by atoms with Gasteiger partial charge in [0, 0.05) is 13.1 Å².